The first kappa shape index (κ1) is 11.2. The van der Waals surface area contributed by atoms with Crippen molar-refractivity contribution in [3.63, 3.8) is 0 Å². The molecular formula is C5H10NO5S-. The average molecular weight is 196 g/mol. The van der Waals surface area contributed by atoms with Crippen molar-refractivity contribution in [3.05, 3.63) is 0 Å². The number of carboxylic acid groups (broad SMARTS) is 1. The van der Waals surface area contributed by atoms with Gasteiger partial charge in [-0.2, -0.15) is 8.42 Å². The fraction of sp³-hybridized carbons (Fsp3) is 0.800. The fourth-order valence-corrected chi connectivity index (χ4v) is 1.22. The molecule has 0 aliphatic rings. The SMILES string of the molecule is CC(CNC(=O)[O-])OS(C)(=O)=O. The topological polar surface area (TPSA) is 95.5 Å². The van der Waals surface area contributed by atoms with Gasteiger partial charge in [0.2, 0.25) is 0 Å². The molecule has 0 fully saturated rings. The van der Waals surface area contributed by atoms with Crippen molar-refractivity contribution < 1.29 is 22.5 Å². The van der Waals surface area contributed by atoms with Crippen molar-refractivity contribution >= 4 is 16.2 Å². The predicted molar refractivity (Wildman–Crippen MR) is 38.8 cm³/mol. The Morgan fingerprint density at radius 1 is 1.67 bits per heavy atom. The van der Waals surface area contributed by atoms with E-state index in [2.05, 4.69) is 4.18 Å². The highest BCUT2D eigenvalue weighted by Gasteiger charge is 2.09. The molecule has 0 radical (unpaired) electrons. The summed E-state index contributed by atoms with van der Waals surface area (Å²) in [5, 5.41) is 11.7. The lowest BCUT2D eigenvalue weighted by Crippen LogP contribution is -2.41. The lowest BCUT2D eigenvalue weighted by atomic mass is 10.4. The van der Waals surface area contributed by atoms with Crippen molar-refractivity contribution in [1.82, 2.24) is 5.32 Å². The molecule has 1 N–H and O–H groups in total. The second-order valence-electron chi connectivity index (χ2n) is 2.28. The Morgan fingerprint density at radius 2 is 2.17 bits per heavy atom. The van der Waals surface area contributed by atoms with Gasteiger partial charge in [0.05, 0.1) is 12.4 Å². The summed E-state index contributed by atoms with van der Waals surface area (Å²) < 4.78 is 25.4. The molecule has 1 amide bonds. The molecule has 0 aliphatic heterocycles. The minimum Gasteiger partial charge on any atom is -0.530 e. The zero-order valence-corrected chi connectivity index (χ0v) is 7.55. The van der Waals surface area contributed by atoms with Gasteiger partial charge >= 0.3 is 0 Å². The van der Waals surface area contributed by atoms with Gasteiger partial charge in [-0.3, -0.25) is 4.18 Å². The number of nitrogens with one attached hydrogen (secondary N) is 1. The molecule has 0 aromatic carbocycles. The maximum absolute atomic E-state index is 10.5. The Bertz CT molecular complexity index is 247. The van der Waals surface area contributed by atoms with Gasteiger partial charge < -0.3 is 15.2 Å². The molecule has 0 bridgehead atoms. The predicted octanol–water partition coefficient (Wildman–Crippen LogP) is -1.72. The van der Waals surface area contributed by atoms with Crippen molar-refractivity contribution in [2.45, 2.75) is 13.0 Å². The molecule has 0 saturated heterocycles. The fourth-order valence-electron chi connectivity index (χ4n) is 0.559. The molecule has 0 heterocycles. The van der Waals surface area contributed by atoms with E-state index in [4.69, 9.17) is 0 Å². The van der Waals surface area contributed by atoms with Gasteiger partial charge in [-0.25, -0.2) is 0 Å². The van der Waals surface area contributed by atoms with E-state index in [9.17, 15) is 18.3 Å². The third kappa shape index (κ3) is 7.29. The van der Waals surface area contributed by atoms with Gasteiger partial charge in [0.1, 0.15) is 6.09 Å². The summed E-state index contributed by atoms with van der Waals surface area (Å²) in [7, 11) is -3.52. The largest absolute Gasteiger partial charge is 0.530 e. The van der Waals surface area contributed by atoms with E-state index in [0.717, 1.165) is 6.26 Å². The van der Waals surface area contributed by atoms with Gasteiger partial charge in [0.15, 0.2) is 0 Å². The molecule has 12 heavy (non-hydrogen) atoms. The first-order chi connectivity index (χ1) is 5.31. The van der Waals surface area contributed by atoms with Crippen LogP contribution in [0.1, 0.15) is 6.92 Å². The van der Waals surface area contributed by atoms with Crippen LogP contribution in [0.25, 0.3) is 0 Å². The quantitative estimate of drug-likeness (QED) is 0.540. The molecule has 1 unspecified atom stereocenters. The number of carbonyl (C=O) groups excluding carboxylic acids is 1. The number of hydrogen-bond acceptors (Lipinski definition) is 5. The van der Waals surface area contributed by atoms with E-state index in [1.165, 1.54) is 6.92 Å². The van der Waals surface area contributed by atoms with Crippen LogP contribution >= 0.6 is 0 Å². The van der Waals surface area contributed by atoms with Gasteiger partial charge in [0.25, 0.3) is 10.1 Å². The summed E-state index contributed by atoms with van der Waals surface area (Å²) in [5.74, 6) is 0. The summed E-state index contributed by atoms with van der Waals surface area (Å²) in [6.45, 7) is 1.31. The van der Waals surface area contributed by atoms with Crippen molar-refractivity contribution in [1.29, 1.82) is 0 Å². The zero-order valence-electron chi connectivity index (χ0n) is 6.73. The van der Waals surface area contributed by atoms with Crippen LogP contribution in [0, 0.1) is 0 Å². The van der Waals surface area contributed by atoms with Crippen LogP contribution in [0.2, 0.25) is 0 Å². The molecule has 1 atom stereocenters. The first-order valence-corrected chi connectivity index (χ1v) is 4.96. The number of amides is 1. The highest BCUT2D eigenvalue weighted by Crippen LogP contribution is 1.94. The standard InChI is InChI=1S/C5H11NO5S/c1-4(3-6-5(7)8)11-12(2,9)10/h4,6H,3H2,1-2H3,(H,7,8)/p-1. The van der Waals surface area contributed by atoms with Crippen LogP contribution in [0.15, 0.2) is 0 Å². The third-order valence-corrected chi connectivity index (χ3v) is 1.55. The van der Waals surface area contributed by atoms with Gasteiger partial charge in [-0.1, -0.05) is 0 Å². The Labute approximate surface area is 70.7 Å². The van der Waals surface area contributed by atoms with Gasteiger partial charge in [-0.05, 0) is 6.92 Å². The van der Waals surface area contributed by atoms with E-state index in [1.54, 1.807) is 0 Å². The number of rotatable bonds is 4. The second-order valence-corrected chi connectivity index (χ2v) is 3.88. The van der Waals surface area contributed by atoms with Crippen molar-refractivity contribution in [2.24, 2.45) is 0 Å². The molecule has 6 nitrogen and oxygen atoms in total. The van der Waals surface area contributed by atoms with E-state index >= 15 is 0 Å². The van der Waals surface area contributed by atoms with Crippen LogP contribution in [-0.4, -0.2) is 33.4 Å². The number of carbonyl (C=O) groups is 1. The minimum absolute atomic E-state index is 0.116. The molecule has 0 saturated carbocycles. The molecule has 0 rings (SSSR count). The number of hydrogen-bond donors (Lipinski definition) is 1. The Kier molecular flexibility index (Phi) is 3.98. The van der Waals surface area contributed by atoms with E-state index < -0.39 is 22.3 Å². The molecule has 72 valence electrons. The highest BCUT2D eigenvalue weighted by molar-refractivity contribution is 7.86. The van der Waals surface area contributed by atoms with Crippen LogP contribution in [0.3, 0.4) is 0 Å². The van der Waals surface area contributed by atoms with Crippen LogP contribution in [0.4, 0.5) is 4.79 Å². The third-order valence-electron chi connectivity index (χ3n) is 0.873. The maximum Gasteiger partial charge on any atom is 0.264 e. The smallest absolute Gasteiger partial charge is 0.264 e. The minimum atomic E-state index is -3.52. The Hall–Kier alpha value is -0.820. The van der Waals surface area contributed by atoms with Crippen molar-refractivity contribution in [3.8, 4) is 0 Å². The Morgan fingerprint density at radius 3 is 2.50 bits per heavy atom. The summed E-state index contributed by atoms with van der Waals surface area (Å²) in [5.41, 5.74) is 0. The summed E-state index contributed by atoms with van der Waals surface area (Å²) >= 11 is 0. The summed E-state index contributed by atoms with van der Waals surface area (Å²) in [4.78, 5) is 9.84. The zero-order chi connectivity index (χ0) is 9.78. The monoisotopic (exact) mass is 196 g/mol. The lowest BCUT2D eigenvalue weighted by Gasteiger charge is -2.12. The van der Waals surface area contributed by atoms with Crippen LogP contribution in [-0.2, 0) is 14.3 Å². The maximum atomic E-state index is 10.5. The first-order valence-electron chi connectivity index (χ1n) is 3.14. The Balaban J connectivity index is 3.75. The molecule has 7 heteroatoms. The molecule has 0 aromatic heterocycles. The molecule has 0 spiro atoms. The van der Waals surface area contributed by atoms with Gasteiger partial charge in [0, 0.05) is 6.54 Å². The van der Waals surface area contributed by atoms with E-state index in [1.807, 2.05) is 5.32 Å². The average Bonchev–Trinajstić information content (AvgIpc) is 1.79. The van der Waals surface area contributed by atoms with Crippen molar-refractivity contribution in [2.75, 3.05) is 12.8 Å². The van der Waals surface area contributed by atoms with Crippen LogP contribution < -0.4 is 10.4 Å². The normalized spacial score (nSPS) is 13.8. The highest BCUT2D eigenvalue weighted by atomic mass is 32.2. The van der Waals surface area contributed by atoms with Crippen LogP contribution in [0.5, 0.6) is 0 Å². The molecule has 0 aliphatic carbocycles. The van der Waals surface area contributed by atoms with E-state index in [0.29, 0.717) is 0 Å². The summed E-state index contributed by atoms with van der Waals surface area (Å²) in [6.07, 6.45) is -1.29. The molecule has 0 aromatic rings. The van der Waals surface area contributed by atoms with E-state index in [-0.39, 0.29) is 6.54 Å². The van der Waals surface area contributed by atoms with Gasteiger partial charge in [-0.15, -0.1) is 0 Å². The second kappa shape index (κ2) is 4.27. The lowest BCUT2D eigenvalue weighted by molar-refractivity contribution is -0.251. The summed E-state index contributed by atoms with van der Waals surface area (Å²) in [6, 6.07) is 0. The molecular weight excluding hydrogens is 186 g/mol.